The van der Waals surface area contributed by atoms with Crippen molar-refractivity contribution in [1.82, 2.24) is 15.2 Å². The smallest absolute Gasteiger partial charge is 0.107 e. The molecule has 1 aromatic rings. The number of nitrogens with zero attached hydrogens (tertiary/aromatic N) is 2. The van der Waals surface area contributed by atoms with Crippen LogP contribution in [0.3, 0.4) is 0 Å². The minimum absolute atomic E-state index is 0. The van der Waals surface area contributed by atoms with Crippen molar-refractivity contribution in [2.45, 2.75) is 32.9 Å². The van der Waals surface area contributed by atoms with Crippen LogP contribution < -0.4 is 5.32 Å². The second-order valence-electron chi connectivity index (χ2n) is 4.10. The first kappa shape index (κ1) is 13.9. The second-order valence-corrected chi connectivity index (χ2v) is 5.30. The van der Waals surface area contributed by atoms with E-state index < -0.39 is 0 Å². The summed E-state index contributed by atoms with van der Waals surface area (Å²) >= 11 is 1.86. The van der Waals surface area contributed by atoms with E-state index in [-0.39, 0.29) is 12.4 Å². The van der Waals surface area contributed by atoms with E-state index in [9.17, 15) is 0 Å². The van der Waals surface area contributed by atoms with Gasteiger partial charge in [0.25, 0.3) is 0 Å². The van der Waals surface area contributed by atoms with Crippen molar-refractivity contribution >= 4 is 23.7 Å². The monoisotopic (exact) mass is 261 g/mol. The normalized spacial score (nSPS) is 21.8. The molecule has 0 saturated carbocycles. The van der Waals surface area contributed by atoms with Crippen molar-refractivity contribution in [1.29, 1.82) is 0 Å². The van der Waals surface area contributed by atoms with Crippen LogP contribution in [0.1, 0.15) is 23.7 Å². The number of aromatic nitrogens is 1. The number of rotatable bonds is 3. The van der Waals surface area contributed by atoms with Gasteiger partial charge in [-0.2, -0.15) is 0 Å². The van der Waals surface area contributed by atoms with Gasteiger partial charge in [-0.15, -0.1) is 23.7 Å². The molecule has 1 aromatic heterocycles. The van der Waals surface area contributed by atoms with E-state index in [4.69, 9.17) is 0 Å². The number of thiazole rings is 1. The SMILES string of the molecule is CCc1cnc(CN2CCNCC2C)s1.Cl. The van der Waals surface area contributed by atoms with Crippen molar-refractivity contribution in [3.63, 3.8) is 0 Å². The Morgan fingerprint density at radius 3 is 3.06 bits per heavy atom. The summed E-state index contributed by atoms with van der Waals surface area (Å²) in [5.74, 6) is 0. The molecule has 0 aliphatic carbocycles. The molecule has 1 saturated heterocycles. The van der Waals surface area contributed by atoms with Crippen molar-refractivity contribution in [2.24, 2.45) is 0 Å². The van der Waals surface area contributed by atoms with Gasteiger partial charge >= 0.3 is 0 Å². The Kier molecular flexibility index (Phi) is 5.69. The highest BCUT2D eigenvalue weighted by Crippen LogP contribution is 2.17. The van der Waals surface area contributed by atoms with Gasteiger partial charge in [0.2, 0.25) is 0 Å². The third-order valence-corrected chi connectivity index (χ3v) is 4.05. The fourth-order valence-electron chi connectivity index (χ4n) is 1.88. The highest BCUT2D eigenvalue weighted by molar-refractivity contribution is 7.11. The molecule has 1 N–H and O–H groups in total. The molecule has 1 aliphatic rings. The number of piperazine rings is 1. The summed E-state index contributed by atoms with van der Waals surface area (Å²) in [6, 6.07) is 0.632. The molecule has 0 amide bonds. The Labute approximate surface area is 108 Å². The molecule has 1 aliphatic heterocycles. The maximum Gasteiger partial charge on any atom is 0.107 e. The minimum atomic E-state index is 0. The molecule has 2 rings (SSSR count). The van der Waals surface area contributed by atoms with Crippen LogP contribution in [0.25, 0.3) is 0 Å². The van der Waals surface area contributed by atoms with Crippen LogP contribution in [0.5, 0.6) is 0 Å². The molecule has 5 heteroatoms. The molecular formula is C11H20ClN3S. The average molecular weight is 262 g/mol. The first-order chi connectivity index (χ1) is 7.29. The number of hydrogen-bond donors (Lipinski definition) is 1. The molecule has 0 bridgehead atoms. The van der Waals surface area contributed by atoms with Gasteiger partial charge in [-0.25, -0.2) is 4.98 Å². The molecule has 16 heavy (non-hydrogen) atoms. The van der Waals surface area contributed by atoms with Crippen molar-refractivity contribution < 1.29 is 0 Å². The van der Waals surface area contributed by atoms with Crippen LogP contribution in [0, 0.1) is 0 Å². The van der Waals surface area contributed by atoms with Gasteiger partial charge in [0.1, 0.15) is 5.01 Å². The van der Waals surface area contributed by atoms with Crippen LogP contribution in [0.2, 0.25) is 0 Å². The molecule has 0 spiro atoms. The lowest BCUT2D eigenvalue weighted by Crippen LogP contribution is -2.49. The van der Waals surface area contributed by atoms with Gasteiger partial charge < -0.3 is 5.32 Å². The van der Waals surface area contributed by atoms with Gasteiger partial charge in [-0.05, 0) is 13.3 Å². The summed E-state index contributed by atoms with van der Waals surface area (Å²) in [5, 5.41) is 4.67. The van der Waals surface area contributed by atoms with Gasteiger partial charge in [0.15, 0.2) is 0 Å². The topological polar surface area (TPSA) is 28.2 Å². The Morgan fingerprint density at radius 1 is 1.62 bits per heavy atom. The zero-order chi connectivity index (χ0) is 10.7. The summed E-state index contributed by atoms with van der Waals surface area (Å²) in [7, 11) is 0. The Hall–Kier alpha value is -0.160. The van der Waals surface area contributed by atoms with E-state index in [1.54, 1.807) is 0 Å². The lowest BCUT2D eigenvalue weighted by molar-refractivity contribution is 0.165. The van der Waals surface area contributed by atoms with Gasteiger partial charge in [0.05, 0.1) is 6.54 Å². The predicted molar refractivity (Wildman–Crippen MR) is 71.5 cm³/mol. The van der Waals surface area contributed by atoms with E-state index in [1.165, 1.54) is 9.88 Å². The van der Waals surface area contributed by atoms with E-state index in [0.29, 0.717) is 6.04 Å². The first-order valence-electron chi connectivity index (χ1n) is 5.68. The highest BCUT2D eigenvalue weighted by atomic mass is 35.5. The first-order valence-corrected chi connectivity index (χ1v) is 6.49. The zero-order valence-electron chi connectivity index (χ0n) is 9.90. The van der Waals surface area contributed by atoms with E-state index in [1.807, 2.05) is 17.5 Å². The van der Waals surface area contributed by atoms with Crippen LogP contribution in [0.4, 0.5) is 0 Å². The Bertz CT molecular complexity index is 316. The molecule has 2 heterocycles. The van der Waals surface area contributed by atoms with Crippen molar-refractivity contribution in [3.05, 3.63) is 16.1 Å². The van der Waals surface area contributed by atoms with Crippen LogP contribution in [-0.4, -0.2) is 35.6 Å². The second kappa shape index (κ2) is 6.55. The summed E-state index contributed by atoms with van der Waals surface area (Å²) < 4.78 is 0. The highest BCUT2D eigenvalue weighted by Gasteiger charge is 2.18. The molecule has 0 aromatic carbocycles. The lowest BCUT2D eigenvalue weighted by Gasteiger charge is -2.33. The summed E-state index contributed by atoms with van der Waals surface area (Å²) in [6.45, 7) is 8.84. The van der Waals surface area contributed by atoms with Gasteiger partial charge in [0, 0.05) is 36.8 Å². The van der Waals surface area contributed by atoms with E-state index in [0.717, 1.165) is 32.6 Å². The number of nitrogens with one attached hydrogen (secondary N) is 1. The van der Waals surface area contributed by atoms with Crippen molar-refractivity contribution in [2.75, 3.05) is 19.6 Å². The van der Waals surface area contributed by atoms with E-state index in [2.05, 4.69) is 29.0 Å². The molecular weight excluding hydrogens is 242 g/mol. The molecule has 92 valence electrons. The summed E-state index contributed by atoms with van der Waals surface area (Å²) in [6.07, 6.45) is 3.13. The number of hydrogen-bond acceptors (Lipinski definition) is 4. The third kappa shape index (κ3) is 3.42. The fraction of sp³-hybridized carbons (Fsp3) is 0.727. The average Bonchev–Trinajstić information content (AvgIpc) is 2.69. The zero-order valence-corrected chi connectivity index (χ0v) is 11.5. The number of aryl methyl sites for hydroxylation is 1. The molecule has 1 unspecified atom stereocenters. The number of halogens is 1. The summed E-state index contributed by atoms with van der Waals surface area (Å²) in [4.78, 5) is 8.38. The largest absolute Gasteiger partial charge is 0.314 e. The molecule has 3 nitrogen and oxygen atoms in total. The fourth-order valence-corrected chi connectivity index (χ4v) is 2.76. The summed E-state index contributed by atoms with van der Waals surface area (Å²) in [5.41, 5.74) is 0. The standard InChI is InChI=1S/C11H19N3S.ClH/c1-3-10-7-13-11(15-10)8-14-5-4-12-6-9(14)2;/h7,9,12H,3-6,8H2,1-2H3;1H. The molecule has 1 fully saturated rings. The predicted octanol–water partition coefficient (Wildman–Crippen LogP) is 1.92. The maximum absolute atomic E-state index is 4.47. The quantitative estimate of drug-likeness (QED) is 0.901. The Balaban J connectivity index is 0.00000128. The minimum Gasteiger partial charge on any atom is -0.314 e. The molecule has 0 radical (unpaired) electrons. The van der Waals surface area contributed by atoms with Crippen LogP contribution >= 0.6 is 23.7 Å². The third-order valence-electron chi connectivity index (χ3n) is 2.93. The van der Waals surface area contributed by atoms with Gasteiger partial charge in [-0.3, -0.25) is 4.90 Å². The maximum atomic E-state index is 4.47. The van der Waals surface area contributed by atoms with Crippen molar-refractivity contribution in [3.8, 4) is 0 Å². The lowest BCUT2D eigenvalue weighted by atomic mass is 10.2. The van der Waals surface area contributed by atoms with Crippen LogP contribution in [0.15, 0.2) is 6.20 Å². The van der Waals surface area contributed by atoms with Crippen LogP contribution in [-0.2, 0) is 13.0 Å². The molecule has 1 atom stereocenters. The Morgan fingerprint density at radius 2 is 2.44 bits per heavy atom. The van der Waals surface area contributed by atoms with E-state index >= 15 is 0 Å². The van der Waals surface area contributed by atoms with Gasteiger partial charge in [-0.1, -0.05) is 6.92 Å².